The van der Waals surface area contributed by atoms with Crippen molar-refractivity contribution in [2.24, 2.45) is 29.1 Å². The van der Waals surface area contributed by atoms with E-state index in [-0.39, 0.29) is 6.10 Å². The van der Waals surface area contributed by atoms with Crippen molar-refractivity contribution in [3.8, 4) is 0 Å². The van der Waals surface area contributed by atoms with Crippen LogP contribution < -0.4 is 0 Å². The van der Waals surface area contributed by atoms with E-state index in [0.717, 1.165) is 25.2 Å². The highest BCUT2D eigenvalue weighted by atomic mass is 16.3. The van der Waals surface area contributed by atoms with Crippen molar-refractivity contribution in [1.82, 2.24) is 4.98 Å². The highest BCUT2D eigenvalue weighted by Gasteiger charge is 2.57. The first-order chi connectivity index (χ1) is 11.5. The molecule has 128 valence electrons. The molecular weight excluding hydrogens is 294 g/mol. The number of hydrogen-bond acceptors (Lipinski definition) is 2. The zero-order valence-electron chi connectivity index (χ0n) is 14.9. The Morgan fingerprint density at radius 1 is 1.12 bits per heavy atom. The standard InChI is InChI=1S/C22H29NO/c1-21-9-7-15(24)12-14(21)5-6-16-17(21)8-10-22(2)18-4-3-11-23-20(18)13-19(16)22/h3-6,11,14-17,19,24H,7-10,12-13H2,1-2H3/t14?,15?,16-,17+,19+,21+,22-/m1/s1. The molecule has 4 aliphatic carbocycles. The van der Waals surface area contributed by atoms with Crippen LogP contribution in [0.15, 0.2) is 30.5 Å². The number of rotatable bonds is 0. The van der Waals surface area contributed by atoms with Gasteiger partial charge in [0, 0.05) is 11.9 Å². The number of allylic oxidation sites excluding steroid dienone is 2. The lowest BCUT2D eigenvalue weighted by molar-refractivity contribution is -0.0580. The molecule has 7 atom stereocenters. The number of aliphatic hydroxyl groups is 1. The molecule has 0 spiro atoms. The summed E-state index contributed by atoms with van der Waals surface area (Å²) < 4.78 is 0. The van der Waals surface area contributed by atoms with Crippen molar-refractivity contribution in [2.45, 2.75) is 63.9 Å². The van der Waals surface area contributed by atoms with E-state index in [0.29, 0.717) is 28.6 Å². The topological polar surface area (TPSA) is 33.1 Å². The quantitative estimate of drug-likeness (QED) is 0.723. The van der Waals surface area contributed by atoms with E-state index in [4.69, 9.17) is 4.98 Å². The molecule has 1 aromatic heterocycles. The van der Waals surface area contributed by atoms with E-state index in [1.54, 1.807) is 0 Å². The van der Waals surface area contributed by atoms with E-state index in [9.17, 15) is 5.11 Å². The lowest BCUT2D eigenvalue weighted by Crippen LogP contribution is -2.52. The molecule has 4 aliphatic rings. The van der Waals surface area contributed by atoms with E-state index >= 15 is 0 Å². The molecule has 2 nitrogen and oxygen atoms in total. The average molecular weight is 323 g/mol. The number of fused-ring (bicyclic) bond motifs is 7. The lowest BCUT2D eigenvalue weighted by atomic mass is 9.47. The Morgan fingerprint density at radius 2 is 2.00 bits per heavy atom. The maximum atomic E-state index is 10.1. The Hall–Kier alpha value is -1.15. The van der Waals surface area contributed by atoms with Gasteiger partial charge in [0.1, 0.15) is 0 Å². The first-order valence-corrected chi connectivity index (χ1v) is 9.83. The van der Waals surface area contributed by atoms with Crippen LogP contribution in [0.1, 0.15) is 57.2 Å². The van der Waals surface area contributed by atoms with Gasteiger partial charge in [-0.15, -0.1) is 0 Å². The number of hydrogen-bond donors (Lipinski definition) is 1. The normalized spacial score (nSPS) is 49.0. The Labute approximate surface area is 145 Å². The smallest absolute Gasteiger partial charge is 0.0546 e. The summed E-state index contributed by atoms with van der Waals surface area (Å²) in [4.78, 5) is 4.72. The van der Waals surface area contributed by atoms with E-state index in [1.807, 2.05) is 6.20 Å². The summed E-state index contributed by atoms with van der Waals surface area (Å²) >= 11 is 0. The molecule has 0 amide bonds. The number of aromatic nitrogens is 1. The van der Waals surface area contributed by atoms with Crippen molar-refractivity contribution < 1.29 is 5.11 Å². The van der Waals surface area contributed by atoms with Crippen molar-refractivity contribution in [3.63, 3.8) is 0 Å². The summed E-state index contributed by atoms with van der Waals surface area (Å²) in [6.07, 6.45) is 13.9. The molecular formula is C22H29NO. The molecule has 2 fully saturated rings. The van der Waals surface area contributed by atoms with Crippen LogP contribution >= 0.6 is 0 Å². The van der Waals surface area contributed by atoms with Crippen molar-refractivity contribution in [2.75, 3.05) is 0 Å². The van der Waals surface area contributed by atoms with Crippen molar-refractivity contribution >= 4 is 0 Å². The van der Waals surface area contributed by atoms with Gasteiger partial charge >= 0.3 is 0 Å². The first-order valence-electron chi connectivity index (χ1n) is 9.83. The Bertz CT molecular complexity index is 697. The summed E-state index contributed by atoms with van der Waals surface area (Å²) in [5.74, 6) is 2.76. The summed E-state index contributed by atoms with van der Waals surface area (Å²) in [6, 6.07) is 4.45. The molecule has 2 unspecified atom stereocenters. The van der Waals surface area contributed by atoms with Crippen LogP contribution in [0.5, 0.6) is 0 Å². The van der Waals surface area contributed by atoms with E-state index in [1.165, 1.54) is 30.5 Å². The molecule has 2 saturated carbocycles. The van der Waals surface area contributed by atoms with Crippen LogP contribution in [0.4, 0.5) is 0 Å². The minimum Gasteiger partial charge on any atom is -0.393 e. The monoisotopic (exact) mass is 323 g/mol. The minimum atomic E-state index is -0.0851. The predicted octanol–water partition coefficient (Wildman–Crippen LogP) is 4.27. The molecule has 1 N–H and O–H groups in total. The van der Waals surface area contributed by atoms with Gasteiger partial charge in [-0.25, -0.2) is 0 Å². The van der Waals surface area contributed by atoms with Crippen molar-refractivity contribution in [1.29, 1.82) is 0 Å². The third-order valence-electron chi connectivity index (χ3n) is 8.44. The van der Waals surface area contributed by atoms with Gasteiger partial charge in [-0.05, 0) is 84.7 Å². The third kappa shape index (κ3) is 1.84. The van der Waals surface area contributed by atoms with Crippen LogP contribution in [0.2, 0.25) is 0 Å². The van der Waals surface area contributed by atoms with Crippen LogP contribution in [-0.2, 0) is 11.8 Å². The largest absolute Gasteiger partial charge is 0.393 e. The molecule has 0 radical (unpaired) electrons. The molecule has 1 heterocycles. The second-order valence-electron chi connectivity index (χ2n) is 9.37. The van der Waals surface area contributed by atoms with Crippen LogP contribution in [0.25, 0.3) is 0 Å². The average Bonchev–Trinajstić information content (AvgIpc) is 2.89. The fourth-order valence-corrected chi connectivity index (χ4v) is 6.97. The SMILES string of the molecule is C[C@]12CCC(O)CC1C=C[C@@H]1[C@@H]2CC[C@]2(C)c3cccnc3C[C@@H]12. The minimum absolute atomic E-state index is 0.0851. The predicted molar refractivity (Wildman–Crippen MR) is 95.6 cm³/mol. The summed E-state index contributed by atoms with van der Waals surface area (Å²) in [7, 11) is 0. The van der Waals surface area contributed by atoms with Crippen LogP contribution in [0, 0.1) is 29.1 Å². The summed E-state index contributed by atoms with van der Waals surface area (Å²) in [6.45, 7) is 5.02. The van der Waals surface area contributed by atoms with Crippen LogP contribution in [0.3, 0.4) is 0 Å². The third-order valence-corrected chi connectivity index (χ3v) is 8.44. The fraction of sp³-hybridized carbons (Fsp3) is 0.682. The fourth-order valence-electron chi connectivity index (χ4n) is 6.97. The molecule has 1 aromatic rings. The molecule has 0 aromatic carbocycles. The number of aliphatic hydroxyl groups excluding tert-OH is 1. The molecule has 5 rings (SSSR count). The van der Waals surface area contributed by atoms with Gasteiger partial charge in [0.15, 0.2) is 0 Å². The zero-order valence-corrected chi connectivity index (χ0v) is 14.9. The summed E-state index contributed by atoms with van der Waals surface area (Å²) in [5, 5.41) is 10.1. The Balaban J connectivity index is 1.54. The zero-order chi connectivity index (χ0) is 16.5. The van der Waals surface area contributed by atoms with E-state index in [2.05, 4.69) is 38.1 Å². The molecule has 24 heavy (non-hydrogen) atoms. The highest BCUT2D eigenvalue weighted by molar-refractivity contribution is 5.38. The molecule has 2 heteroatoms. The second-order valence-corrected chi connectivity index (χ2v) is 9.37. The van der Waals surface area contributed by atoms with Gasteiger partial charge in [-0.1, -0.05) is 32.1 Å². The molecule has 0 aliphatic heterocycles. The van der Waals surface area contributed by atoms with E-state index < -0.39 is 0 Å². The Kier molecular flexibility index (Phi) is 3.11. The lowest BCUT2D eigenvalue weighted by Gasteiger charge is -2.58. The maximum absolute atomic E-state index is 10.1. The maximum Gasteiger partial charge on any atom is 0.0546 e. The highest BCUT2D eigenvalue weighted by Crippen LogP contribution is 2.63. The van der Waals surface area contributed by atoms with Gasteiger partial charge in [0.05, 0.1) is 6.10 Å². The first kappa shape index (κ1) is 15.1. The Morgan fingerprint density at radius 3 is 2.88 bits per heavy atom. The van der Waals surface area contributed by atoms with Gasteiger partial charge in [0.2, 0.25) is 0 Å². The number of nitrogens with zero attached hydrogens (tertiary/aromatic N) is 1. The van der Waals surface area contributed by atoms with Gasteiger partial charge in [0.25, 0.3) is 0 Å². The second kappa shape index (κ2) is 4.94. The van der Waals surface area contributed by atoms with Gasteiger partial charge in [-0.3, -0.25) is 4.98 Å². The number of pyridine rings is 1. The molecule has 0 saturated heterocycles. The van der Waals surface area contributed by atoms with Crippen molar-refractivity contribution in [3.05, 3.63) is 41.7 Å². The van der Waals surface area contributed by atoms with Gasteiger partial charge in [-0.2, -0.15) is 0 Å². The molecule has 0 bridgehead atoms. The van der Waals surface area contributed by atoms with Crippen LogP contribution in [-0.4, -0.2) is 16.2 Å². The van der Waals surface area contributed by atoms with Gasteiger partial charge < -0.3 is 5.11 Å². The summed E-state index contributed by atoms with van der Waals surface area (Å²) in [5.41, 5.74) is 3.58.